The van der Waals surface area contributed by atoms with Gasteiger partial charge in [-0.15, -0.1) is 0 Å². The molecule has 0 nitrogen and oxygen atoms in total. The van der Waals surface area contributed by atoms with Gasteiger partial charge in [-0.05, 0) is 170 Å². The molecule has 4 bridgehead atoms. The van der Waals surface area contributed by atoms with E-state index < -0.39 is 0 Å². The average Bonchev–Trinajstić information content (AvgIpc) is 3.32. The molecule has 22 saturated carbocycles. The summed E-state index contributed by atoms with van der Waals surface area (Å²) < 4.78 is 0.713. The van der Waals surface area contributed by atoms with Crippen LogP contribution >= 0.6 is 45.2 Å². The third kappa shape index (κ3) is 0.957. The topological polar surface area (TPSA) is 0 Å². The molecule has 22 fully saturated rings. The van der Waals surface area contributed by atoms with Crippen LogP contribution in [0.25, 0.3) is 0 Å². The Kier molecular flexibility index (Phi) is 3.01. The maximum Gasteiger partial charge on any atom is 0.0520 e. The SMILES string of the molecule is CC1(C)C2(C)C34[C@]1(C)C1(C)C5(C)[C@@]6(C)C(C)(C)[C@]7(C)C8(C)C9(C)C%10%11C%12(I)C%13(I)C[C@]%14(C)[C@@]%15(C)C(C)(C)[C@]%16(C)C%17(C)C%13([C@]3(C3C%13[C@@]8%10C76[C@]%135[C@]314)[C@@]2%17C)[C@@]%16%15C%121[C@@]%112C(C(C)(C)[C@@]92C)[C@]1%14C. The third-order valence-electron chi connectivity index (χ3n) is 43.9. The number of hydrogen-bond donors (Lipinski definition) is 0. The second-order valence-corrected chi connectivity index (χ2v) is 38.8. The molecule has 31 atom stereocenters. The summed E-state index contributed by atoms with van der Waals surface area (Å²) in [5.74, 6) is 2.89. The first-order chi connectivity index (χ1) is 27.3. The van der Waals surface area contributed by atoms with E-state index in [-0.39, 0.29) is 0 Å². The van der Waals surface area contributed by atoms with Crippen molar-refractivity contribution in [2.75, 3.05) is 0 Å². The molecule has 61 heavy (non-hydrogen) atoms. The van der Waals surface area contributed by atoms with Crippen LogP contribution in [-0.4, -0.2) is 6.84 Å². The number of alkyl halides is 2. The highest BCUT2D eigenvalue weighted by atomic mass is 127. The molecule has 22 rings (SSSR count). The second-order valence-electron chi connectivity index (χ2n) is 35.3. The summed E-state index contributed by atoms with van der Waals surface area (Å²) in [6, 6.07) is 0. The van der Waals surface area contributed by atoms with Gasteiger partial charge in [0.1, 0.15) is 0 Å². The Morgan fingerprint density at radius 3 is 1.11 bits per heavy atom. The van der Waals surface area contributed by atoms with Crippen LogP contribution in [0, 0.1) is 180 Å². The monoisotopic (exact) mass is 1040 g/mol. The summed E-state index contributed by atoms with van der Waals surface area (Å²) in [5.41, 5.74) is 12.9. The molecule has 0 aromatic heterocycles. The van der Waals surface area contributed by atoms with Crippen molar-refractivity contribution < 1.29 is 0 Å². The second kappa shape index (κ2) is 5.43. The zero-order valence-electron chi connectivity index (χ0n) is 42.2. The molecule has 22 aliphatic rings. The Labute approximate surface area is 394 Å². The Morgan fingerprint density at radius 1 is 0.311 bits per heavy atom. The van der Waals surface area contributed by atoms with E-state index in [0.717, 1.165) is 17.8 Å². The number of hydrogen-bond acceptors (Lipinski definition) is 0. The molecule has 0 saturated heterocycles. The molecule has 0 aliphatic heterocycles. The Balaban J connectivity index is 1.05. The van der Waals surface area contributed by atoms with Crippen molar-refractivity contribution in [3.8, 4) is 0 Å². The lowest BCUT2D eigenvalue weighted by atomic mass is 8.58. The first-order valence-corrected chi connectivity index (χ1v) is 28.8. The summed E-state index contributed by atoms with van der Waals surface area (Å²) in [6.07, 6.45) is 1.54. The van der Waals surface area contributed by atoms with Gasteiger partial charge in [0.05, 0.1) is 3.42 Å². The Bertz CT molecular complexity index is 3060. The summed E-state index contributed by atoms with van der Waals surface area (Å²) >= 11 is 7.34. The lowest BCUT2D eigenvalue weighted by Crippen LogP contribution is -3.44. The lowest BCUT2D eigenvalue weighted by Gasteiger charge is -3.45. The lowest BCUT2D eigenvalue weighted by molar-refractivity contribution is -0.997. The average molecular weight is 1040 g/mol. The predicted octanol–water partition coefficient (Wildman–Crippen LogP) is 13.9. The molecule has 0 aromatic rings. The van der Waals surface area contributed by atoms with Gasteiger partial charge in [0, 0.05) is 19.7 Å². The third-order valence-corrected chi connectivity index (χ3v) is 49.5. The molecule has 2 heteroatoms. The van der Waals surface area contributed by atoms with Crippen molar-refractivity contribution in [1.82, 2.24) is 0 Å². The summed E-state index contributed by atoms with van der Waals surface area (Å²) in [4.78, 5) is 0. The van der Waals surface area contributed by atoms with Crippen LogP contribution in [-0.2, 0) is 0 Å². The van der Waals surface area contributed by atoms with E-state index in [1.165, 1.54) is 0 Å². The van der Waals surface area contributed by atoms with Crippen molar-refractivity contribution in [1.29, 1.82) is 0 Å². The minimum atomic E-state index is 0.309. The van der Waals surface area contributed by atoms with E-state index in [4.69, 9.17) is 0 Å². The molecule has 0 heterocycles. The fourth-order valence-corrected chi connectivity index (χ4v) is 54.2. The van der Waals surface area contributed by atoms with E-state index in [1.54, 1.807) is 6.42 Å². The molecule has 0 amide bonds. The molecule has 11 spiro atoms. The Hall–Kier alpha value is 1.46. The van der Waals surface area contributed by atoms with Gasteiger partial charge in [-0.2, -0.15) is 0 Å². The molecule has 0 radical (unpaired) electrons. The molecular formula is C59H74I2. The first kappa shape index (κ1) is 33.9. The summed E-state index contributed by atoms with van der Waals surface area (Å²) in [7, 11) is 0. The number of halogens is 2. The standard InChI is InChI=1S/C59H74I2/c1-28(2)27-33(10)32(9)24-47(60)57-46(23)40(17)29(3,4)35(32,12)56(40,57)53(33)52(27)34(28,11)45(22)43(20)38(15)31(7,8)37(14)42(19)41(18)36(13)30(5,6)39(16)44(46,21)50(57)25-26-49(42,48(25,41)54(36,39)50)55(37,38)51(26,43)58(45,52)59(47,53)61/h25-27H,24H2,1-23H3/t25?,26?,27?,32-,33-,34-,35+,36-,37+,38+,39?,40+,41?,42?,43?,44-,45?,46?,47?,48-,49+,50+,51-,52-,53?,54?,55?,56+,57?,58?,59?/m0/s1. The normalized spacial score (nSPS) is 101. The molecule has 0 aromatic carbocycles. The van der Waals surface area contributed by atoms with E-state index >= 15 is 0 Å². The molecule has 324 valence electrons. The Morgan fingerprint density at radius 2 is 0.672 bits per heavy atom. The molecule has 16 unspecified atom stereocenters. The van der Waals surface area contributed by atoms with Crippen molar-refractivity contribution >= 4 is 45.2 Å². The zero-order chi connectivity index (χ0) is 43.4. The van der Waals surface area contributed by atoms with Gasteiger partial charge in [-0.1, -0.05) is 204 Å². The van der Waals surface area contributed by atoms with Crippen molar-refractivity contribution in [2.24, 2.45) is 180 Å². The highest BCUT2D eigenvalue weighted by molar-refractivity contribution is 14.1. The molecular weight excluding hydrogens is 962 g/mol. The molecule has 22 aliphatic carbocycles. The van der Waals surface area contributed by atoms with Gasteiger partial charge in [0.15, 0.2) is 0 Å². The zero-order valence-corrected chi connectivity index (χ0v) is 46.5. The highest BCUT2D eigenvalue weighted by Crippen LogP contribution is 3.53. The van der Waals surface area contributed by atoms with E-state index in [2.05, 4.69) is 204 Å². The minimum absolute atomic E-state index is 0.309. The fourth-order valence-electron chi connectivity index (χ4n) is 47.9. The maximum atomic E-state index is 3.70. The summed E-state index contributed by atoms with van der Waals surface area (Å²) in [6.45, 7) is 70.4. The minimum Gasteiger partial charge on any atom is -0.0767 e. The van der Waals surface area contributed by atoms with Crippen LogP contribution in [0.2, 0.25) is 0 Å². The van der Waals surface area contributed by atoms with Crippen molar-refractivity contribution in [2.45, 2.75) is 173 Å². The largest absolute Gasteiger partial charge is 0.0767 e. The van der Waals surface area contributed by atoms with Gasteiger partial charge in [0.25, 0.3) is 0 Å². The maximum absolute atomic E-state index is 3.70. The fraction of sp³-hybridized carbons (Fsp3) is 1.00. The first-order valence-electron chi connectivity index (χ1n) is 26.7. The van der Waals surface area contributed by atoms with Crippen LogP contribution < -0.4 is 0 Å². The number of fused-ring (bicyclic) bond motifs is 10. The van der Waals surface area contributed by atoms with E-state index in [9.17, 15) is 0 Å². The van der Waals surface area contributed by atoms with Crippen LogP contribution in [0.5, 0.6) is 0 Å². The van der Waals surface area contributed by atoms with Crippen LogP contribution in [0.3, 0.4) is 0 Å². The van der Waals surface area contributed by atoms with Crippen molar-refractivity contribution in [3.63, 3.8) is 0 Å². The molecule has 0 N–H and O–H groups in total. The highest BCUT2D eigenvalue weighted by Gasteiger charge is 3.52. The number of rotatable bonds is 0. The van der Waals surface area contributed by atoms with Crippen molar-refractivity contribution in [3.05, 3.63) is 0 Å². The van der Waals surface area contributed by atoms with Gasteiger partial charge in [-0.25, -0.2) is 0 Å². The van der Waals surface area contributed by atoms with Gasteiger partial charge < -0.3 is 0 Å². The van der Waals surface area contributed by atoms with E-state index in [1.807, 2.05) is 0 Å². The van der Waals surface area contributed by atoms with Gasteiger partial charge in [0.2, 0.25) is 0 Å². The van der Waals surface area contributed by atoms with E-state index in [0.29, 0.717) is 169 Å². The van der Waals surface area contributed by atoms with Gasteiger partial charge >= 0.3 is 0 Å². The van der Waals surface area contributed by atoms with Crippen LogP contribution in [0.15, 0.2) is 0 Å². The predicted molar refractivity (Wildman–Crippen MR) is 252 cm³/mol. The van der Waals surface area contributed by atoms with Crippen LogP contribution in [0.1, 0.15) is 166 Å². The quantitative estimate of drug-likeness (QED) is 0.168. The smallest absolute Gasteiger partial charge is 0.0520 e. The van der Waals surface area contributed by atoms with Gasteiger partial charge in [-0.3, -0.25) is 0 Å². The summed E-state index contributed by atoms with van der Waals surface area (Å²) in [5, 5.41) is 0. The van der Waals surface area contributed by atoms with Crippen LogP contribution in [0.4, 0.5) is 0 Å².